The van der Waals surface area contributed by atoms with E-state index in [1.165, 1.54) is 12.1 Å². The van der Waals surface area contributed by atoms with Crippen LogP contribution in [0.5, 0.6) is 0 Å². The van der Waals surface area contributed by atoms with Crippen molar-refractivity contribution in [1.82, 2.24) is 0 Å². The molecule has 1 amide bonds. The SMILES string of the molecule is C=CC(=O)Nc1cccc(S(=O)(=O)Nc2cccc3ccccc23)c1. The molecule has 0 aliphatic heterocycles. The van der Waals surface area contributed by atoms with E-state index in [2.05, 4.69) is 16.6 Å². The molecule has 0 aliphatic carbocycles. The first kappa shape index (κ1) is 16.7. The van der Waals surface area contributed by atoms with Crippen LogP contribution in [0.25, 0.3) is 10.8 Å². The van der Waals surface area contributed by atoms with Crippen molar-refractivity contribution in [2.45, 2.75) is 4.90 Å². The van der Waals surface area contributed by atoms with Gasteiger partial charge in [0.1, 0.15) is 0 Å². The number of sulfonamides is 1. The molecule has 3 rings (SSSR count). The molecule has 0 saturated carbocycles. The zero-order chi connectivity index (χ0) is 17.9. The number of anilines is 2. The largest absolute Gasteiger partial charge is 0.322 e. The fourth-order valence-electron chi connectivity index (χ4n) is 2.45. The highest BCUT2D eigenvalue weighted by Gasteiger charge is 2.16. The highest BCUT2D eigenvalue weighted by Crippen LogP contribution is 2.26. The summed E-state index contributed by atoms with van der Waals surface area (Å²) in [7, 11) is -3.80. The summed E-state index contributed by atoms with van der Waals surface area (Å²) in [4.78, 5) is 11.4. The van der Waals surface area contributed by atoms with E-state index in [4.69, 9.17) is 0 Å². The Morgan fingerprint density at radius 1 is 0.960 bits per heavy atom. The molecular weight excluding hydrogens is 336 g/mol. The third-order valence-electron chi connectivity index (χ3n) is 3.63. The molecule has 126 valence electrons. The second-order valence-corrected chi connectivity index (χ2v) is 7.04. The normalized spacial score (nSPS) is 11.0. The van der Waals surface area contributed by atoms with Gasteiger partial charge in [-0.25, -0.2) is 8.42 Å². The summed E-state index contributed by atoms with van der Waals surface area (Å²) >= 11 is 0. The fraction of sp³-hybridized carbons (Fsp3) is 0. The number of nitrogens with one attached hydrogen (secondary N) is 2. The number of amides is 1. The monoisotopic (exact) mass is 352 g/mol. The van der Waals surface area contributed by atoms with E-state index < -0.39 is 15.9 Å². The fourth-order valence-corrected chi connectivity index (χ4v) is 3.58. The summed E-state index contributed by atoms with van der Waals surface area (Å²) < 4.78 is 28.0. The van der Waals surface area contributed by atoms with E-state index in [9.17, 15) is 13.2 Å². The van der Waals surface area contributed by atoms with E-state index in [0.29, 0.717) is 11.4 Å². The molecule has 0 aromatic heterocycles. The Bertz CT molecular complexity index is 1050. The molecule has 0 atom stereocenters. The van der Waals surface area contributed by atoms with Crippen LogP contribution >= 0.6 is 0 Å². The van der Waals surface area contributed by atoms with Crippen molar-refractivity contribution in [3.8, 4) is 0 Å². The smallest absolute Gasteiger partial charge is 0.261 e. The second-order valence-electron chi connectivity index (χ2n) is 5.35. The number of hydrogen-bond acceptors (Lipinski definition) is 3. The van der Waals surface area contributed by atoms with Crippen molar-refractivity contribution in [3.05, 3.63) is 79.4 Å². The Balaban J connectivity index is 1.95. The van der Waals surface area contributed by atoms with E-state index in [1.54, 1.807) is 24.3 Å². The number of benzene rings is 3. The molecular formula is C19H16N2O3S. The van der Waals surface area contributed by atoms with Gasteiger partial charge in [0.2, 0.25) is 5.91 Å². The topological polar surface area (TPSA) is 75.3 Å². The van der Waals surface area contributed by atoms with Gasteiger partial charge in [0.15, 0.2) is 0 Å². The van der Waals surface area contributed by atoms with E-state index in [1.807, 2.05) is 30.3 Å². The summed E-state index contributed by atoms with van der Waals surface area (Å²) in [5, 5.41) is 4.30. The van der Waals surface area contributed by atoms with Crippen molar-refractivity contribution in [2.24, 2.45) is 0 Å². The molecule has 0 radical (unpaired) electrons. The molecule has 0 unspecified atom stereocenters. The average molecular weight is 352 g/mol. The van der Waals surface area contributed by atoms with Gasteiger partial charge in [0, 0.05) is 11.1 Å². The van der Waals surface area contributed by atoms with Gasteiger partial charge in [-0.15, -0.1) is 0 Å². The van der Waals surface area contributed by atoms with Gasteiger partial charge < -0.3 is 5.32 Å². The van der Waals surface area contributed by atoms with Gasteiger partial charge >= 0.3 is 0 Å². The third kappa shape index (κ3) is 3.70. The van der Waals surface area contributed by atoms with Crippen LogP contribution in [0, 0.1) is 0 Å². The highest BCUT2D eigenvalue weighted by molar-refractivity contribution is 7.92. The minimum atomic E-state index is -3.80. The molecule has 0 heterocycles. The third-order valence-corrected chi connectivity index (χ3v) is 4.99. The maximum Gasteiger partial charge on any atom is 0.261 e. The van der Waals surface area contributed by atoms with Crippen LogP contribution in [0.4, 0.5) is 11.4 Å². The van der Waals surface area contributed by atoms with Crippen molar-refractivity contribution in [2.75, 3.05) is 10.0 Å². The van der Waals surface area contributed by atoms with Gasteiger partial charge in [-0.3, -0.25) is 9.52 Å². The summed E-state index contributed by atoms with van der Waals surface area (Å²) in [5.74, 6) is -0.406. The van der Waals surface area contributed by atoms with E-state index in [0.717, 1.165) is 16.8 Å². The molecule has 2 N–H and O–H groups in total. The minimum Gasteiger partial charge on any atom is -0.322 e. The predicted molar refractivity (Wildman–Crippen MR) is 100 cm³/mol. The molecule has 25 heavy (non-hydrogen) atoms. The Hall–Kier alpha value is -3.12. The summed E-state index contributed by atoms with van der Waals surface area (Å²) in [5.41, 5.74) is 0.879. The van der Waals surface area contributed by atoms with Gasteiger partial charge in [0.05, 0.1) is 10.6 Å². The maximum absolute atomic E-state index is 12.7. The molecule has 0 bridgehead atoms. The van der Waals surface area contributed by atoms with Crippen LogP contribution in [0.1, 0.15) is 0 Å². The van der Waals surface area contributed by atoms with Crippen molar-refractivity contribution < 1.29 is 13.2 Å². The zero-order valence-corrected chi connectivity index (χ0v) is 14.1. The maximum atomic E-state index is 12.7. The first-order valence-electron chi connectivity index (χ1n) is 7.54. The number of carbonyl (C=O) groups excluding carboxylic acids is 1. The molecule has 0 fully saturated rings. The highest BCUT2D eigenvalue weighted by atomic mass is 32.2. The van der Waals surface area contributed by atoms with Gasteiger partial charge in [-0.1, -0.05) is 49.0 Å². The first-order valence-corrected chi connectivity index (χ1v) is 9.02. The Morgan fingerprint density at radius 3 is 2.48 bits per heavy atom. The van der Waals surface area contributed by atoms with E-state index >= 15 is 0 Å². The van der Waals surface area contributed by atoms with Crippen LogP contribution in [0.15, 0.2) is 84.3 Å². The Labute approximate surface area is 146 Å². The van der Waals surface area contributed by atoms with Crippen LogP contribution in [0.3, 0.4) is 0 Å². The number of hydrogen-bond donors (Lipinski definition) is 2. The standard InChI is InChI=1S/C19H16N2O3S/c1-2-19(22)20-15-9-6-10-16(13-15)25(23,24)21-18-12-5-8-14-7-3-4-11-17(14)18/h2-13,21H,1H2,(H,20,22). The molecule has 6 heteroatoms. The second kappa shape index (κ2) is 6.78. The summed E-state index contributed by atoms with van der Waals surface area (Å²) in [6.07, 6.45) is 1.12. The summed E-state index contributed by atoms with van der Waals surface area (Å²) in [6, 6.07) is 19.0. The predicted octanol–water partition coefficient (Wildman–Crippen LogP) is 3.77. The van der Waals surface area contributed by atoms with Crippen LogP contribution in [0.2, 0.25) is 0 Å². The Morgan fingerprint density at radius 2 is 1.68 bits per heavy atom. The van der Waals surface area contributed by atoms with Crippen LogP contribution in [-0.2, 0) is 14.8 Å². The molecule has 3 aromatic rings. The first-order chi connectivity index (χ1) is 12.0. The lowest BCUT2D eigenvalue weighted by molar-refractivity contribution is -0.111. The molecule has 0 saturated heterocycles. The van der Waals surface area contributed by atoms with Gasteiger partial charge in [-0.2, -0.15) is 0 Å². The average Bonchev–Trinajstić information content (AvgIpc) is 2.62. The lowest BCUT2D eigenvalue weighted by atomic mass is 10.1. The van der Waals surface area contributed by atoms with Crippen molar-refractivity contribution in [3.63, 3.8) is 0 Å². The lowest BCUT2D eigenvalue weighted by Crippen LogP contribution is -2.14. The number of carbonyl (C=O) groups is 1. The molecule has 3 aromatic carbocycles. The number of fused-ring (bicyclic) bond motifs is 1. The zero-order valence-electron chi connectivity index (χ0n) is 13.3. The minimum absolute atomic E-state index is 0.0577. The van der Waals surface area contributed by atoms with Crippen LogP contribution < -0.4 is 10.0 Å². The van der Waals surface area contributed by atoms with Gasteiger partial charge in [-0.05, 0) is 35.7 Å². The molecule has 0 aliphatic rings. The Kier molecular flexibility index (Phi) is 4.54. The molecule has 5 nitrogen and oxygen atoms in total. The quantitative estimate of drug-likeness (QED) is 0.687. The molecule has 0 spiro atoms. The van der Waals surface area contributed by atoms with Crippen molar-refractivity contribution in [1.29, 1.82) is 0 Å². The number of rotatable bonds is 5. The lowest BCUT2D eigenvalue weighted by Gasteiger charge is -2.12. The van der Waals surface area contributed by atoms with Gasteiger partial charge in [0.25, 0.3) is 10.0 Å². The van der Waals surface area contributed by atoms with E-state index in [-0.39, 0.29) is 4.90 Å². The van der Waals surface area contributed by atoms with Crippen molar-refractivity contribution >= 4 is 38.1 Å². The van der Waals surface area contributed by atoms with Crippen LogP contribution in [-0.4, -0.2) is 14.3 Å². The summed E-state index contributed by atoms with van der Waals surface area (Å²) in [6.45, 7) is 3.37.